The molecule has 3 fully saturated rings. The molecule has 1 aromatic carbocycles. The Morgan fingerprint density at radius 1 is 1.16 bits per heavy atom. The summed E-state index contributed by atoms with van der Waals surface area (Å²) in [6.45, 7) is 16.7. The van der Waals surface area contributed by atoms with Crippen LogP contribution in [0.2, 0.25) is 0 Å². The number of ether oxygens (including phenoxy) is 2. The lowest BCUT2D eigenvalue weighted by molar-refractivity contribution is -0.159. The summed E-state index contributed by atoms with van der Waals surface area (Å²) in [6.07, 6.45) is 3.81. The number of likely N-dealkylation sites (tertiary alicyclic amines) is 1. The van der Waals surface area contributed by atoms with E-state index in [1.54, 1.807) is 30.9 Å². The third-order valence-electron chi connectivity index (χ3n) is 9.33. The van der Waals surface area contributed by atoms with Crippen molar-refractivity contribution in [2.24, 2.45) is 11.8 Å². The second-order valence-electron chi connectivity index (χ2n) is 12.1. The Balaban J connectivity index is 1.61. The number of aliphatic hydroxyl groups is 1. The Hall–Kier alpha value is -3.70. The number of anilines is 2. The molecule has 2 N–H and O–H groups in total. The van der Waals surface area contributed by atoms with Crippen molar-refractivity contribution in [1.29, 1.82) is 0 Å². The number of carbonyl (C=O) groups is 4. The summed E-state index contributed by atoms with van der Waals surface area (Å²) in [6, 6.07) is 5.95. The normalized spacial score (nSPS) is 26.2. The molecular weight excluding hydrogens is 576 g/mol. The number of allylic oxidation sites excluding steroid dienone is 1. The summed E-state index contributed by atoms with van der Waals surface area (Å²) < 4.78 is 12.2. The smallest absolute Gasteiger partial charge is 0.312 e. The van der Waals surface area contributed by atoms with Crippen LogP contribution < -0.4 is 15.1 Å². The number of hydrogen-bond acceptors (Lipinski definition) is 8. The van der Waals surface area contributed by atoms with Crippen LogP contribution in [0.1, 0.15) is 53.4 Å². The number of esters is 1. The number of rotatable bonds is 16. The summed E-state index contributed by atoms with van der Waals surface area (Å²) >= 11 is 0. The molecule has 246 valence electrons. The molecule has 3 aliphatic rings. The van der Waals surface area contributed by atoms with Crippen LogP contribution in [0.25, 0.3) is 0 Å². The van der Waals surface area contributed by atoms with Gasteiger partial charge in [0.05, 0.1) is 37.1 Å². The van der Waals surface area contributed by atoms with E-state index in [9.17, 15) is 24.3 Å². The SMILES string of the molecule is C=CCCC(=O)NC[C@H](C)OC(=O)[C@@H]1[C@@H]2CC[C@]3(O2)[C@H](C(=O)N(CC=C)c2ccc(N(CC)CC)cc2)N([C@H](C)CO)C(=O)[C@@H]13. The first-order valence-electron chi connectivity index (χ1n) is 16.0. The van der Waals surface area contributed by atoms with Crippen LogP contribution in [0, 0.1) is 11.8 Å². The molecule has 7 atom stereocenters. The maximum atomic E-state index is 14.6. The van der Waals surface area contributed by atoms with E-state index in [1.165, 1.54) is 4.90 Å². The Morgan fingerprint density at radius 3 is 2.42 bits per heavy atom. The highest BCUT2D eigenvalue weighted by Crippen LogP contribution is 2.59. The molecule has 3 amide bonds. The maximum Gasteiger partial charge on any atom is 0.312 e. The predicted octanol–water partition coefficient (Wildman–Crippen LogP) is 2.82. The van der Waals surface area contributed by atoms with Gasteiger partial charge in [-0.05, 0) is 71.2 Å². The van der Waals surface area contributed by atoms with Gasteiger partial charge in [0.15, 0.2) is 0 Å². The molecule has 45 heavy (non-hydrogen) atoms. The highest BCUT2D eigenvalue weighted by atomic mass is 16.6. The number of amides is 3. The number of aliphatic hydroxyl groups excluding tert-OH is 1. The summed E-state index contributed by atoms with van der Waals surface area (Å²) in [5.74, 6) is -3.36. The van der Waals surface area contributed by atoms with Crippen LogP contribution in [0.5, 0.6) is 0 Å². The number of hydrogen-bond donors (Lipinski definition) is 2. The Bertz CT molecular complexity index is 1270. The zero-order valence-electron chi connectivity index (χ0n) is 26.9. The van der Waals surface area contributed by atoms with E-state index in [4.69, 9.17) is 9.47 Å². The molecule has 0 saturated carbocycles. The maximum absolute atomic E-state index is 14.6. The molecule has 11 heteroatoms. The zero-order valence-corrected chi connectivity index (χ0v) is 26.9. The number of fused-ring (bicyclic) bond motifs is 1. The second kappa shape index (κ2) is 14.6. The second-order valence-corrected chi connectivity index (χ2v) is 12.1. The van der Waals surface area contributed by atoms with E-state index in [0.29, 0.717) is 31.4 Å². The fraction of sp³-hybridized carbons (Fsp3) is 0.588. The lowest BCUT2D eigenvalue weighted by Crippen LogP contribution is -2.58. The van der Waals surface area contributed by atoms with E-state index in [0.717, 1.165) is 18.8 Å². The van der Waals surface area contributed by atoms with Gasteiger partial charge in [0.2, 0.25) is 11.8 Å². The first-order chi connectivity index (χ1) is 21.6. The van der Waals surface area contributed by atoms with Crippen molar-refractivity contribution >= 4 is 35.1 Å². The highest BCUT2D eigenvalue weighted by molar-refractivity contribution is 6.05. The van der Waals surface area contributed by atoms with E-state index in [2.05, 4.69) is 37.2 Å². The standard InChI is InChI=1S/C34H48N4O7/c1-7-11-12-27(40)35-20-23(6)44-33(43)28-26-17-18-34(45-26)29(28)31(41)38(22(5)21-39)30(34)32(42)37(19-8-2)25-15-13-24(14-16-25)36(9-3)10-4/h7-8,13-16,22-23,26,28-30,39H,1-2,9-12,17-21H2,3-6H3,(H,35,40)/t22-,23+,26+,28-,29-,30+,34-/m1/s1. The molecule has 0 aromatic heterocycles. The van der Waals surface area contributed by atoms with Crippen molar-refractivity contribution in [2.45, 2.75) is 83.3 Å². The largest absolute Gasteiger partial charge is 0.460 e. The van der Waals surface area contributed by atoms with Crippen molar-refractivity contribution in [3.63, 3.8) is 0 Å². The van der Waals surface area contributed by atoms with E-state index >= 15 is 0 Å². The Morgan fingerprint density at radius 2 is 1.82 bits per heavy atom. The number of nitrogens with zero attached hydrogens (tertiary/aromatic N) is 3. The molecule has 0 unspecified atom stereocenters. The van der Waals surface area contributed by atoms with Crippen molar-refractivity contribution in [3.8, 4) is 0 Å². The lowest BCUT2D eigenvalue weighted by atomic mass is 9.70. The molecule has 1 spiro atoms. The van der Waals surface area contributed by atoms with Gasteiger partial charge in [0.1, 0.15) is 17.7 Å². The molecule has 1 aromatic rings. The molecule has 3 heterocycles. The van der Waals surface area contributed by atoms with E-state index in [-0.39, 0.29) is 31.5 Å². The molecule has 3 aliphatic heterocycles. The highest BCUT2D eigenvalue weighted by Gasteiger charge is 2.75. The summed E-state index contributed by atoms with van der Waals surface area (Å²) in [4.78, 5) is 59.6. The molecule has 4 rings (SSSR count). The molecule has 11 nitrogen and oxygen atoms in total. The fourth-order valence-corrected chi connectivity index (χ4v) is 7.13. The summed E-state index contributed by atoms with van der Waals surface area (Å²) in [5.41, 5.74) is 0.436. The zero-order chi connectivity index (χ0) is 32.9. The fourth-order valence-electron chi connectivity index (χ4n) is 7.13. The molecule has 2 bridgehead atoms. The molecule has 3 saturated heterocycles. The van der Waals surface area contributed by atoms with Gasteiger partial charge in [-0.25, -0.2) is 0 Å². The van der Waals surface area contributed by atoms with Gasteiger partial charge in [-0.3, -0.25) is 19.2 Å². The van der Waals surface area contributed by atoms with Gasteiger partial charge >= 0.3 is 5.97 Å². The van der Waals surface area contributed by atoms with Crippen molar-refractivity contribution in [3.05, 3.63) is 49.6 Å². The first kappa shape index (κ1) is 34.2. The van der Waals surface area contributed by atoms with E-state index < -0.39 is 53.6 Å². The van der Waals surface area contributed by atoms with Gasteiger partial charge in [-0.2, -0.15) is 0 Å². The van der Waals surface area contributed by atoms with Crippen LogP contribution in [0.4, 0.5) is 11.4 Å². The minimum atomic E-state index is -1.24. The number of nitrogens with one attached hydrogen (secondary N) is 1. The van der Waals surface area contributed by atoms with Crippen molar-refractivity contribution < 1.29 is 33.8 Å². The number of carbonyl (C=O) groups excluding carboxylic acids is 4. The van der Waals surface area contributed by atoms with Crippen LogP contribution in [-0.4, -0.2) is 96.4 Å². The van der Waals surface area contributed by atoms with Crippen molar-refractivity contribution in [2.75, 3.05) is 42.6 Å². The van der Waals surface area contributed by atoms with Gasteiger partial charge in [0, 0.05) is 37.4 Å². The third-order valence-corrected chi connectivity index (χ3v) is 9.33. The van der Waals surface area contributed by atoms with Gasteiger partial charge in [-0.15, -0.1) is 13.2 Å². The summed E-state index contributed by atoms with van der Waals surface area (Å²) in [5, 5.41) is 12.9. The topological polar surface area (TPSA) is 129 Å². The minimum absolute atomic E-state index is 0.127. The van der Waals surface area contributed by atoms with Crippen LogP contribution in [-0.2, 0) is 28.7 Å². The van der Waals surface area contributed by atoms with Gasteiger partial charge in [-0.1, -0.05) is 12.2 Å². The van der Waals surface area contributed by atoms with Gasteiger partial charge in [0.25, 0.3) is 5.91 Å². The molecule has 0 radical (unpaired) electrons. The van der Waals surface area contributed by atoms with Crippen LogP contribution >= 0.6 is 0 Å². The van der Waals surface area contributed by atoms with E-state index in [1.807, 2.05) is 24.3 Å². The lowest BCUT2D eigenvalue weighted by Gasteiger charge is -2.38. The quantitative estimate of drug-likeness (QED) is 0.212. The minimum Gasteiger partial charge on any atom is -0.460 e. The van der Waals surface area contributed by atoms with Crippen molar-refractivity contribution in [1.82, 2.24) is 10.2 Å². The molecule has 0 aliphatic carbocycles. The third kappa shape index (κ3) is 6.51. The molecular formula is C34H48N4O7. The predicted molar refractivity (Wildman–Crippen MR) is 172 cm³/mol. The van der Waals surface area contributed by atoms with Gasteiger partial charge < -0.3 is 34.6 Å². The average Bonchev–Trinajstić information content (AvgIpc) is 3.69. The van der Waals surface area contributed by atoms with Crippen LogP contribution in [0.15, 0.2) is 49.6 Å². The van der Waals surface area contributed by atoms with Crippen LogP contribution in [0.3, 0.4) is 0 Å². The number of benzene rings is 1. The average molecular weight is 625 g/mol. The first-order valence-corrected chi connectivity index (χ1v) is 16.0. The Kier molecular flexibility index (Phi) is 11.1. The monoisotopic (exact) mass is 624 g/mol. The Labute approximate surface area is 266 Å². The summed E-state index contributed by atoms with van der Waals surface area (Å²) in [7, 11) is 0.